The number of aliphatic hydroxyl groups excluding tert-OH is 1. The Bertz CT molecular complexity index is 794. The fourth-order valence-electron chi connectivity index (χ4n) is 3.58. The molecule has 1 aromatic carbocycles. The van der Waals surface area contributed by atoms with Gasteiger partial charge in [0.2, 0.25) is 0 Å². The number of aliphatic hydroxyl groups is 1. The van der Waals surface area contributed by atoms with E-state index in [2.05, 4.69) is 20.1 Å². The lowest BCUT2D eigenvalue weighted by molar-refractivity contribution is 0.154. The van der Waals surface area contributed by atoms with E-state index < -0.39 is 12.1 Å². The molecule has 2 amide bonds. The number of anilines is 2. The van der Waals surface area contributed by atoms with Crippen LogP contribution < -0.4 is 20.7 Å². The number of hydrogen-bond acceptors (Lipinski definition) is 6. The zero-order chi connectivity index (χ0) is 20.6. The van der Waals surface area contributed by atoms with Crippen LogP contribution in [0.5, 0.6) is 5.75 Å². The average molecular weight is 399 g/mol. The number of pyridine rings is 1. The lowest BCUT2D eigenvalue weighted by Crippen LogP contribution is -2.46. The van der Waals surface area contributed by atoms with Crippen LogP contribution >= 0.6 is 0 Å². The van der Waals surface area contributed by atoms with E-state index in [0.29, 0.717) is 17.9 Å². The SMILES string of the molecule is COc1ccc(C(O)CCCN2CCN(c3ccccn3)CC2)cc1NC(N)=O. The number of hydrogen-bond donors (Lipinski definition) is 3. The number of nitrogens with two attached hydrogens (primary N) is 1. The van der Waals surface area contributed by atoms with Crippen LogP contribution in [-0.2, 0) is 0 Å². The summed E-state index contributed by atoms with van der Waals surface area (Å²) in [7, 11) is 1.52. The third-order valence-corrected chi connectivity index (χ3v) is 5.16. The van der Waals surface area contributed by atoms with Gasteiger partial charge in [0, 0.05) is 32.4 Å². The summed E-state index contributed by atoms with van der Waals surface area (Å²) in [5.41, 5.74) is 6.39. The molecule has 1 aliphatic rings. The van der Waals surface area contributed by atoms with E-state index in [1.807, 2.05) is 24.4 Å². The number of carbonyl (C=O) groups excluding carboxylic acids is 1. The largest absolute Gasteiger partial charge is 0.495 e. The molecule has 2 heterocycles. The fraction of sp³-hybridized carbons (Fsp3) is 0.429. The van der Waals surface area contributed by atoms with Crippen LogP contribution in [0.15, 0.2) is 42.6 Å². The molecule has 0 radical (unpaired) electrons. The summed E-state index contributed by atoms with van der Waals surface area (Å²) in [6, 6.07) is 10.6. The third kappa shape index (κ3) is 5.82. The Morgan fingerprint density at radius 2 is 2.07 bits per heavy atom. The normalized spacial score (nSPS) is 15.7. The van der Waals surface area contributed by atoms with Crippen molar-refractivity contribution < 1.29 is 14.6 Å². The van der Waals surface area contributed by atoms with Crippen LogP contribution in [0.1, 0.15) is 24.5 Å². The Balaban J connectivity index is 1.45. The lowest BCUT2D eigenvalue weighted by Gasteiger charge is -2.35. The van der Waals surface area contributed by atoms with Crippen LogP contribution in [0.25, 0.3) is 0 Å². The summed E-state index contributed by atoms with van der Waals surface area (Å²) in [6.45, 7) is 4.83. The van der Waals surface area contributed by atoms with Crippen LogP contribution in [0.2, 0.25) is 0 Å². The molecule has 1 saturated heterocycles. The van der Waals surface area contributed by atoms with E-state index in [1.165, 1.54) is 7.11 Å². The van der Waals surface area contributed by atoms with Crippen LogP contribution in [-0.4, -0.2) is 60.9 Å². The number of benzene rings is 1. The van der Waals surface area contributed by atoms with Gasteiger partial charge in [0.25, 0.3) is 0 Å². The first kappa shape index (κ1) is 20.9. The van der Waals surface area contributed by atoms with E-state index in [4.69, 9.17) is 10.5 Å². The number of amides is 2. The van der Waals surface area contributed by atoms with Gasteiger partial charge in [-0.15, -0.1) is 0 Å². The summed E-state index contributed by atoms with van der Waals surface area (Å²) in [5.74, 6) is 1.54. The second kappa shape index (κ2) is 10.1. The Kier molecular flexibility index (Phi) is 7.26. The molecule has 1 atom stereocenters. The van der Waals surface area contributed by atoms with E-state index in [-0.39, 0.29) is 0 Å². The Labute approximate surface area is 171 Å². The van der Waals surface area contributed by atoms with Crippen molar-refractivity contribution in [3.63, 3.8) is 0 Å². The Hall–Kier alpha value is -2.84. The summed E-state index contributed by atoms with van der Waals surface area (Å²) in [5, 5.41) is 13.1. The molecule has 29 heavy (non-hydrogen) atoms. The molecule has 0 spiro atoms. The van der Waals surface area contributed by atoms with Crippen LogP contribution in [0.3, 0.4) is 0 Å². The predicted molar refractivity (Wildman–Crippen MR) is 113 cm³/mol. The van der Waals surface area contributed by atoms with Crippen molar-refractivity contribution in [3.8, 4) is 5.75 Å². The molecule has 0 bridgehead atoms. The number of ether oxygens (including phenoxy) is 1. The molecule has 4 N–H and O–H groups in total. The predicted octanol–water partition coefficient (Wildman–Crippen LogP) is 2.22. The quantitative estimate of drug-likeness (QED) is 0.629. The van der Waals surface area contributed by atoms with E-state index >= 15 is 0 Å². The van der Waals surface area contributed by atoms with Gasteiger partial charge >= 0.3 is 6.03 Å². The smallest absolute Gasteiger partial charge is 0.316 e. The molecule has 1 aliphatic heterocycles. The number of aromatic nitrogens is 1. The molecule has 156 valence electrons. The van der Waals surface area contributed by atoms with E-state index in [9.17, 15) is 9.90 Å². The van der Waals surface area contributed by atoms with Crippen molar-refractivity contribution in [1.29, 1.82) is 0 Å². The molecule has 8 nitrogen and oxygen atoms in total. The Morgan fingerprint density at radius 3 is 2.72 bits per heavy atom. The van der Waals surface area contributed by atoms with Crippen molar-refractivity contribution in [3.05, 3.63) is 48.2 Å². The van der Waals surface area contributed by atoms with Crippen LogP contribution in [0.4, 0.5) is 16.3 Å². The number of primary amides is 1. The second-order valence-corrected chi connectivity index (χ2v) is 7.12. The fourth-order valence-corrected chi connectivity index (χ4v) is 3.58. The van der Waals surface area contributed by atoms with Gasteiger partial charge in [-0.1, -0.05) is 12.1 Å². The zero-order valence-corrected chi connectivity index (χ0v) is 16.8. The summed E-state index contributed by atoms with van der Waals surface area (Å²) < 4.78 is 5.22. The first-order valence-electron chi connectivity index (χ1n) is 9.87. The minimum atomic E-state index is -0.667. The van der Waals surface area contributed by atoms with Crippen LogP contribution in [0, 0.1) is 0 Å². The number of methoxy groups -OCH3 is 1. The number of urea groups is 1. The van der Waals surface area contributed by atoms with Crippen molar-refractivity contribution in [2.24, 2.45) is 5.73 Å². The highest BCUT2D eigenvalue weighted by Gasteiger charge is 2.18. The Morgan fingerprint density at radius 1 is 1.28 bits per heavy atom. The maximum absolute atomic E-state index is 11.2. The highest BCUT2D eigenvalue weighted by Crippen LogP contribution is 2.29. The topological polar surface area (TPSA) is 104 Å². The summed E-state index contributed by atoms with van der Waals surface area (Å²) >= 11 is 0. The molecule has 0 aliphatic carbocycles. The van der Waals surface area contributed by atoms with Gasteiger partial charge in [0.05, 0.1) is 18.9 Å². The summed E-state index contributed by atoms with van der Waals surface area (Å²) in [4.78, 5) is 20.3. The summed E-state index contributed by atoms with van der Waals surface area (Å²) in [6.07, 6.45) is 2.74. The number of piperazine rings is 1. The van der Waals surface area contributed by atoms with Gasteiger partial charge in [-0.3, -0.25) is 4.90 Å². The molecule has 8 heteroatoms. The first-order chi connectivity index (χ1) is 14.1. The molecule has 3 rings (SSSR count). The van der Waals surface area contributed by atoms with Gasteiger partial charge in [-0.05, 0) is 49.2 Å². The minimum Gasteiger partial charge on any atom is -0.495 e. The highest BCUT2D eigenvalue weighted by atomic mass is 16.5. The maximum Gasteiger partial charge on any atom is 0.316 e. The number of rotatable bonds is 8. The van der Waals surface area contributed by atoms with Crippen molar-refractivity contribution >= 4 is 17.5 Å². The minimum absolute atomic E-state index is 0.460. The standard InChI is InChI=1S/C21H29N5O3/c1-29-19-8-7-16(15-17(19)24-21(22)28)18(27)5-4-10-25-11-13-26(14-12-25)20-6-2-3-9-23-20/h2-3,6-9,15,18,27H,4-5,10-14H2,1H3,(H3,22,24,28). The van der Waals surface area contributed by atoms with Gasteiger partial charge in [0.1, 0.15) is 11.6 Å². The molecular formula is C21H29N5O3. The molecule has 0 saturated carbocycles. The van der Waals surface area contributed by atoms with Gasteiger partial charge in [-0.2, -0.15) is 0 Å². The van der Waals surface area contributed by atoms with Gasteiger partial charge < -0.3 is 25.8 Å². The maximum atomic E-state index is 11.2. The molecule has 1 aromatic heterocycles. The monoisotopic (exact) mass is 399 g/mol. The number of nitrogens with zero attached hydrogens (tertiary/aromatic N) is 3. The van der Waals surface area contributed by atoms with Crippen molar-refractivity contribution in [1.82, 2.24) is 9.88 Å². The highest BCUT2D eigenvalue weighted by molar-refractivity contribution is 5.89. The second-order valence-electron chi connectivity index (χ2n) is 7.12. The van der Waals surface area contributed by atoms with Gasteiger partial charge in [0.15, 0.2) is 0 Å². The van der Waals surface area contributed by atoms with Crippen molar-refractivity contribution in [2.75, 3.05) is 50.1 Å². The lowest BCUT2D eigenvalue weighted by atomic mass is 10.0. The number of nitrogens with one attached hydrogen (secondary N) is 1. The van der Waals surface area contributed by atoms with Gasteiger partial charge in [-0.25, -0.2) is 9.78 Å². The van der Waals surface area contributed by atoms with E-state index in [0.717, 1.165) is 50.5 Å². The molecular weight excluding hydrogens is 370 g/mol. The first-order valence-corrected chi connectivity index (χ1v) is 9.87. The molecule has 1 fully saturated rings. The van der Waals surface area contributed by atoms with E-state index in [1.54, 1.807) is 18.2 Å². The third-order valence-electron chi connectivity index (χ3n) is 5.16. The average Bonchev–Trinajstić information content (AvgIpc) is 2.74. The molecule has 2 aromatic rings. The van der Waals surface area contributed by atoms with Crippen molar-refractivity contribution in [2.45, 2.75) is 18.9 Å². The molecule has 1 unspecified atom stereocenters. The zero-order valence-electron chi connectivity index (χ0n) is 16.8. The number of carbonyl (C=O) groups is 1.